The number of benzene rings is 2. The van der Waals surface area contributed by atoms with Crippen LogP contribution in [0.4, 0.5) is 11.4 Å². The Morgan fingerprint density at radius 1 is 1.00 bits per heavy atom. The maximum Gasteiger partial charge on any atom is 0.226 e. The fourth-order valence-electron chi connectivity index (χ4n) is 2.78. The van der Waals surface area contributed by atoms with Crippen LogP contribution in [0.15, 0.2) is 42.5 Å². The average Bonchev–Trinajstić information content (AvgIpc) is 2.49. The zero-order chi connectivity index (χ0) is 17.7. The van der Waals surface area contributed by atoms with E-state index in [9.17, 15) is 4.79 Å². The minimum Gasteiger partial charge on any atom is -0.384 e. The molecule has 0 aliphatic carbocycles. The number of aryl methyl sites for hydroxylation is 2. The van der Waals surface area contributed by atoms with Crippen molar-refractivity contribution in [3.63, 3.8) is 0 Å². The molecule has 0 atom stereocenters. The van der Waals surface area contributed by atoms with Gasteiger partial charge < -0.3 is 10.6 Å². The number of carbonyl (C=O) groups excluding carboxylic acids is 1. The fourth-order valence-corrected chi connectivity index (χ4v) is 2.78. The third-order valence-corrected chi connectivity index (χ3v) is 4.06. The number of rotatable bonds is 5. The van der Waals surface area contributed by atoms with Crippen molar-refractivity contribution in [3.8, 4) is 0 Å². The van der Waals surface area contributed by atoms with E-state index in [1.54, 1.807) is 0 Å². The van der Waals surface area contributed by atoms with Crippen LogP contribution in [0, 0.1) is 13.8 Å². The van der Waals surface area contributed by atoms with Crippen molar-refractivity contribution in [2.75, 3.05) is 17.2 Å². The minimum absolute atomic E-state index is 0.00112. The lowest BCUT2D eigenvalue weighted by atomic mass is 9.86. The number of amides is 1. The van der Waals surface area contributed by atoms with E-state index in [0.717, 1.165) is 16.9 Å². The maximum absolute atomic E-state index is 12.3. The molecule has 0 saturated heterocycles. The Bertz CT molecular complexity index is 714. The molecule has 2 N–H and O–H groups in total. The van der Waals surface area contributed by atoms with Crippen LogP contribution >= 0.6 is 0 Å². The molecule has 2 aromatic rings. The Morgan fingerprint density at radius 3 is 2.38 bits per heavy atom. The van der Waals surface area contributed by atoms with Crippen molar-refractivity contribution in [3.05, 3.63) is 59.2 Å². The van der Waals surface area contributed by atoms with Crippen molar-refractivity contribution in [2.24, 2.45) is 0 Å². The molecule has 2 aromatic carbocycles. The monoisotopic (exact) mass is 324 g/mol. The predicted octanol–water partition coefficient (Wildman–Crippen LogP) is 5.04. The molecule has 1 amide bonds. The summed E-state index contributed by atoms with van der Waals surface area (Å²) in [6, 6.07) is 14.3. The molecule has 0 spiro atoms. The van der Waals surface area contributed by atoms with Crippen LogP contribution in [0.5, 0.6) is 0 Å². The lowest BCUT2D eigenvalue weighted by Gasteiger charge is -2.23. The highest BCUT2D eigenvalue weighted by Gasteiger charge is 2.18. The van der Waals surface area contributed by atoms with Gasteiger partial charge in [0.15, 0.2) is 0 Å². The van der Waals surface area contributed by atoms with Crippen LogP contribution < -0.4 is 10.6 Å². The number of nitrogens with one attached hydrogen (secondary N) is 2. The molecular weight excluding hydrogens is 296 g/mol. The van der Waals surface area contributed by atoms with E-state index in [-0.39, 0.29) is 11.3 Å². The van der Waals surface area contributed by atoms with Gasteiger partial charge in [-0.15, -0.1) is 0 Å². The van der Waals surface area contributed by atoms with Crippen molar-refractivity contribution < 1.29 is 4.79 Å². The smallest absolute Gasteiger partial charge is 0.226 e. The van der Waals surface area contributed by atoms with Crippen molar-refractivity contribution in [2.45, 2.75) is 46.5 Å². The van der Waals surface area contributed by atoms with Gasteiger partial charge in [0, 0.05) is 24.3 Å². The van der Waals surface area contributed by atoms with E-state index in [4.69, 9.17) is 0 Å². The van der Waals surface area contributed by atoms with Gasteiger partial charge in [-0.05, 0) is 42.5 Å². The van der Waals surface area contributed by atoms with Gasteiger partial charge in [0.25, 0.3) is 0 Å². The Balaban J connectivity index is 1.93. The van der Waals surface area contributed by atoms with Crippen LogP contribution in [-0.4, -0.2) is 12.5 Å². The molecule has 0 radical (unpaired) electrons. The first-order valence-corrected chi connectivity index (χ1v) is 8.48. The number of para-hydroxylation sites is 1. The van der Waals surface area contributed by atoms with Crippen LogP contribution in [-0.2, 0) is 10.2 Å². The van der Waals surface area contributed by atoms with Gasteiger partial charge in [-0.2, -0.15) is 0 Å². The molecule has 3 nitrogen and oxygen atoms in total. The summed E-state index contributed by atoms with van der Waals surface area (Å²) in [5, 5.41) is 6.39. The van der Waals surface area contributed by atoms with Crippen LogP contribution in [0.1, 0.15) is 43.9 Å². The molecule has 0 heterocycles. The second-order valence-corrected chi connectivity index (χ2v) is 7.34. The Morgan fingerprint density at radius 2 is 1.71 bits per heavy atom. The third-order valence-electron chi connectivity index (χ3n) is 4.06. The summed E-state index contributed by atoms with van der Waals surface area (Å²) in [6.07, 6.45) is 0.436. The number of anilines is 2. The molecule has 0 aliphatic heterocycles. The van der Waals surface area contributed by atoms with Crippen LogP contribution in [0.3, 0.4) is 0 Å². The summed E-state index contributed by atoms with van der Waals surface area (Å²) in [4.78, 5) is 12.3. The van der Waals surface area contributed by atoms with E-state index in [0.29, 0.717) is 13.0 Å². The van der Waals surface area contributed by atoms with Gasteiger partial charge in [0.05, 0.1) is 0 Å². The molecule has 128 valence electrons. The Labute approximate surface area is 145 Å². The quantitative estimate of drug-likeness (QED) is 0.809. The molecular formula is C21H28N2O. The zero-order valence-electron chi connectivity index (χ0n) is 15.4. The van der Waals surface area contributed by atoms with Crippen LogP contribution in [0.25, 0.3) is 0 Å². The number of hydrogen-bond donors (Lipinski definition) is 2. The highest BCUT2D eigenvalue weighted by molar-refractivity contribution is 5.92. The van der Waals surface area contributed by atoms with Gasteiger partial charge in [0.1, 0.15) is 0 Å². The summed E-state index contributed by atoms with van der Waals surface area (Å²) >= 11 is 0. The molecule has 0 fully saturated rings. The Kier molecular flexibility index (Phi) is 5.66. The highest BCUT2D eigenvalue weighted by atomic mass is 16.1. The predicted molar refractivity (Wildman–Crippen MR) is 103 cm³/mol. The second kappa shape index (κ2) is 7.52. The summed E-state index contributed by atoms with van der Waals surface area (Å²) in [5.41, 5.74) is 5.59. The van der Waals surface area contributed by atoms with Gasteiger partial charge in [-0.1, -0.05) is 56.7 Å². The molecule has 0 aromatic heterocycles. The van der Waals surface area contributed by atoms with E-state index in [1.807, 2.05) is 18.2 Å². The van der Waals surface area contributed by atoms with E-state index in [2.05, 4.69) is 69.5 Å². The molecule has 0 bridgehead atoms. The molecule has 24 heavy (non-hydrogen) atoms. The second-order valence-electron chi connectivity index (χ2n) is 7.34. The lowest BCUT2D eigenvalue weighted by molar-refractivity contribution is -0.115. The van der Waals surface area contributed by atoms with E-state index in [1.165, 1.54) is 11.1 Å². The third kappa shape index (κ3) is 4.85. The van der Waals surface area contributed by atoms with Crippen LogP contribution in [0.2, 0.25) is 0 Å². The number of carbonyl (C=O) groups is 1. The Hall–Kier alpha value is -2.29. The van der Waals surface area contributed by atoms with Gasteiger partial charge in [-0.3, -0.25) is 4.79 Å². The van der Waals surface area contributed by atoms with Gasteiger partial charge in [-0.25, -0.2) is 0 Å². The lowest BCUT2D eigenvalue weighted by Crippen LogP contribution is -2.20. The van der Waals surface area contributed by atoms with E-state index >= 15 is 0 Å². The summed E-state index contributed by atoms with van der Waals surface area (Å²) in [6.45, 7) is 11.2. The standard InChI is InChI=1S/C21H28N2O/c1-15-10-11-18(16(2)14-15)22-13-12-20(24)23-19-9-7-6-8-17(19)21(3,4)5/h6-11,14,22H,12-13H2,1-5H3,(H,23,24). The molecule has 0 saturated carbocycles. The first-order valence-electron chi connectivity index (χ1n) is 8.48. The average molecular weight is 324 g/mol. The first-order chi connectivity index (χ1) is 11.3. The summed E-state index contributed by atoms with van der Waals surface area (Å²) < 4.78 is 0. The molecule has 0 aliphatic rings. The fraction of sp³-hybridized carbons (Fsp3) is 0.381. The largest absolute Gasteiger partial charge is 0.384 e. The minimum atomic E-state index is 0.00112. The van der Waals surface area contributed by atoms with Crippen molar-refractivity contribution >= 4 is 17.3 Å². The molecule has 0 unspecified atom stereocenters. The van der Waals surface area contributed by atoms with Crippen molar-refractivity contribution in [1.82, 2.24) is 0 Å². The summed E-state index contributed by atoms with van der Waals surface area (Å²) in [5.74, 6) is 0.0314. The SMILES string of the molecule is Cc1ccc(NCCC(=O)Nc2ccccc2C(C)(C)C)c(C)c1. The topological polar surface area (TPSA) is 41.1 Å². The summed E-state index contributed by atoms with van der Waals surface area (Å²) in [7, 11) is 0. The normalized spacial score (nSPS) is 11.2. The van der Waals surface area contributed by atoms with Crippen molar-refractivity contribution in [1.29, 1.82) is 0 Å². The zero-order valence-corrected chi connectivity index (χ0v) is 15.4. The molecule has 2 rings (SSSR count). The highest BCUT2D eigenvalue weighted by Crippen LogP contribution is 2.29. The first kappa shape index (κ1) is 18.1. The maximum atomic E-state index is 12.3. The number of hydrogen-bond acceptors (Lipinski definition) is 2. The van der Waals surface area contributed by atoms with Gasteiger partial charge in [0.2, 0.25) is 5.91 Å². The molecule has 3 heteroatoms. The van der Waals surface area contributed by atoms with Gasteiger partial charge >= 0.3 is 0 Å². The van der Waals surface area contributed by atoms with E-state index < -0.39 is 0 Å².